The van der Waals surface area contributed by atoms with E-state index in [0.29, 0.717) is 12.2 Å². The monoisotopic (exact) mass is 293 g/mol. The van der Waals surface area contributed by atoms with Crippen molar-refractivity contribution in [3.8, 4) is 11.5 Å². The summed E-state index contributed by atoms with van der Waals surface area (Å²) in [5.41, 5.74) is 1.02. The Bertz CT molecular complexity index is 503. The largest absolute Gasteiger partial charge is 0.504 e. The molecule has 1 fully saturated rings. The molecule has 0 bridgehead atoms. The number of aromatic hydroxyl groups is 1. The van der Waals surface area contributed by atoms with Gasteiger partial charge in [0.05, 0.1) is 13.0 Å². The van der Waals surface area contributed by atoms with Crippen molar-refractivity contribution in [1.29, 1.82) is 0 Å². The zero-order chi connectivity index (χ0) is 15.4. The second-order valence-corrected chi connectivity index (χ2v) is 5.72. The number of carbonyl (C=O) groups is 1. The van der Waals surface area contributed by atoms with Crippen molar-refractivity contribution < 1.29 is 19.7 Å². The smallest absolute Gasteiger partial charge is 0.306 e. The molecule has 0 aliphatic heterocycles. The van der Waals surface area contributed by atoms with Crippen LogP contribution in [0.4, 0.5) is 0 Å². The topological polar surface area (TPSA) is 78.8 Å². The van der Waals surface area contributed by atoms with Crippen LogP contribution < -0.4 is 10.1 Å². The van der Waals surface area contributed by atoms with Crippen LogP contribution in [0.3, 0.4) is 0 Å². The third-order valence-electron chi connectivity index (χ3n) is 4.21. The second-order valence-electron chi connectivity index (χ2n) is 5.72. The fourth-order valence-corrected chi connectivity index (χ4v) is 2.98. The zero-order valence-electron chi connectivity index (χ0n) is 12.5. The number of methoxy groups -OCH3 is 1. The van der Waals surface area contributed by atoms with Gasteiger partial charge < -0.3 is 20.3 Å². The van der Waals surface area contributed by atoms with E-state index in [1.165, 1.54) is 7.11 Å². The maximum Gasteiger partial charge on any atom is 0.306 e. The van der Waals surface area contributed by atoms with Gasteiger partial charge in [0.25, 0.3) is 0 Å². The van der Waals surface area contributed by atoms with Gasteiger partial charge in [0.15, 0.2) is 11.5 Å². The van der Waals surface area contributed by atoms with Gasteiger partial charge in [-0.25, -0.2) is 0 Å². The molecule has 116 valence electrons. The first-order chi connectivity index (χ1) is 10.0. The van der Waals surface area contributed by atoms with Crippen molar-refractivity contribution in [3.63, 3.8) is 0 Å². The molecule has 1 aromatic rings. The SMILES string of the molecule is COc1cc(C(C)NC2CCCC(C(=O)O)C2)ccc1O. The average Bonchev–Trinajstić information content (AvgIpc) is 2.47. The molecule has 1 saturated carbocycles. The van der Waals surface area contributed by atoms with Crippen LogP contribution in [0.1, 0.15) is 44.2 Å². The van der Waals surface area contributed by atoms with Crippen LogP contribution in [0.2, 0.25) is 0 Å². The number of benzene rings is 1. The Kier molecular flexibility index (Phi) is 5.07. The molecule has 5 nitrogen and oxygen atoms in total. The predicted molar refractivity (Wildman–Crippen MR) is 79.6 cm³/mol. The Morgan fingerprint density at radius 1 is 1.43 bits per heavy atom. The van der Waals surface area contributed by atoms with Gasteiger partial charge in [-0.1, -0.05) is 12.5 Å². The fraction of sp³-hybridized carbons (Fsp3) is 0.562. The van der Waals surface area contributed by atoms with E-state index >= 15 is 0 Å². The number of aliphatic carboxylic acids is 1. The molecule has 0 saturated heterocycles. The molecule has 0 heterocycles. The molecule has 5 heteroatoms. The summed E-state index contributed by atoms with van der Waals surface area (Å²) in [6.07, 6.45) is 3.40. The Morgan fingerprint density at radius 2 is 2.19 bits per heavy atom. The number of phenolic OH excluding ortho intramolecular Hbond substituents is 1. The number of hydrogen-bond donors (Lipinski definition) is 3. The van der Waals surface area contributed by atoms with Gasteiger partial charge in [0, 0.05) is 12.1 Å². The fourth-order valence-electron chi connectivity index (χ4n) is 2.98. The first-order valence-electron chi connectivity index (χ1n) is 7.37. The lowest BCUT2D eigenvalue weighted by atomic mass is 9.85. The van der Waals surface area contributed by atoms with Crippen LogP contribution in [0.15, 0.2) is 18.2 Å². The van der Waals surface area contributed by atoms with Gasteiger partial charge in [-0.05, 0) is 43.9 Å². The highest BCUT2D eigenvalue weighted by atomic mass is 16.5. The van der Waals surface area contributed by atoms with Crippen molar-refractivity contribution in [2.75, 3.05) is 7.11 Å². The van der Waals surface area contributed by atoms with E-state index in [1.807, 2.05) is 19.1 Å². The van der Waals surface area contributed by atoms with Crippen molar-refractivity contribution in [2.45, 2.75) is 44.7 Å². The number of carboxylic acids is 1. The minimum absolute atomic E-state index is 0.0806. The van der Waals surface area contributed by atoms with Crippen molar-refractivity contribution in [2.24, 2.45) is 5.92 Å². The molecular weight excluding hydrogens is 270 g/mol. The molecule has 21 heavy (non-hydrogen) atoms. The highest BCUT2D eigenvalue weighted by molar-refractivity contribution is 5.70. The molecule has 0 radical (unpaired) electrons. The number of rotatable bonds is 5. The van der Waals surface area contributed by atoms with E-state index in [9.17, 15) is 9.90 Å². The van der Waals surface area contributed by atoms with Crippen molar-refractivity contribution in [3.05, 3.63) is 23.8 Å². The lowest BCUT2D eigenvalue weighted by Crippen LogP contribution is -2.37. The minimum Gasteiger partial charge on any atom is -0.504 e. The molecule has 1 aliphatic carbocycles. The van der Waals surface area contributed by atoms with E-state index in [4.69, 9.17) is 9.84 Å². The van der Waals surface area contributed by atoms with Crippen LogP contribution in [0.5, 0.6) is 11.5 Å². The summed E-state index contributed by atoms with van der Waals surface area (Å²) in [7, 11) is 1.52. The molecular formula is C16H23NO4. The van der Waals surface area contributed by atoms with E-state index in [2.05, 4.69) is 5.32 Å². The molecule has 1 aromatic carbocycles. The van der Waals surface area contributed by atoms with E-state index in [1.54, 1.807) is 6.07 Å². The van der Waals surface area contributed by atoms with E-state index in [0.717, 1.165) is 24.8 Å². The van der Waals surface area contributed by atoms with Gasteiger partial charge in [-0.3, -0.25) is 4.79 Å². The highest BCUT2D eigenvalue weighted by Gasteiger charge is 2.27. The standard InChI is InChI=1S/C16H23NO4/c1-10(11-6-7-14(18)15(9-11)21-2)17-13-5-3-4-12(8-13)16(19)20/h6-7,9-10,12-13,17-18H,3-5,8H2,1-2H3,(H,19,20). The highest BCUT2D eigenvalue weighted by Crippen LogP contribution is 2.30. The predicted octanol–water partition coefficient (Wildman–Crippen LogP) is 2.69. The normalized spacial score (nSPS) is 23.5. The molecule has 3 N–H and O–H groups in total. The van der Waals surface area contributed by atoms with Crippen molar-refractivity contribution >= 4 is 5.97 Å². The van der Waals surface area contributed by atoms with Gasteiger partial charge >= 0.3 is 5.97 Å². The van der Waals surface area contributed by atoms with E-state index in [-0.39, 0.29) is 23.8 Å². The Morgan fingerprint density at radius 3 is 2.86 bits per heavy atom. The molecule has 1 aliphatic rings. The summed E-state index contributed by atoms with van der Waals surface area (Å²) in [5.74, 6) is -0.358. The third-order valence-corrected chi connectivity index (χ3v) is 4.21. The van der Waals surface area contributed by atoms with Crippen LogP contribution in [0, 0.1) is 5.92 Å². The molecule has 3 unspecified atom stereocenters. The van der Waals surface area contributed by atoms with Crippen LogP contribution >= 0.6 is 0 Å². The Hall–Kier alpha value is -1.75. The third kappa shape index (κ3) is 3.88. The van der Waals surface area contributed by atoms with Crippen LogP contribution in [0.25, 0.3) is 0 Å². The van der Waals surface area contributed by atoms with E-state index < -0.39 is 5.97 Å². The summed E-state index contributed by atoms with van der Waals surface area (Å²) < 4.78 is 5.12. The quantitative estimate of drug-likeness (QED) is 0.778. The molecule has 0 aromatic heterocycles. The molecule has 0 spiro atoms. The Balaban J connectivity index is 2.00. The molecule has 2 rings (SSSR count). The Labute approximate surface area is 124 Å². The van der Waals surface area contributed by atoms with Crippen LogP contribution in [-0.4, -0.2) is 29.3 Å². The summed E-state index contributed by atoms with van der Waals surface area (Å²) in [4.78, 5) is 11.1. The number of phenols is 1. The number of hydrogen-bond acceptors (Lipinski definition) is 4. The van der Waals surface area contributed by atoms with Gasteiger partial charge in [0.1, 0.15) is 0 Å². The number of nitrogens with one attached hydrogen (secondary N) is 1. The number of ether oxygens (including phenoxy) is 1. The average molecular weight is 293 g/mol. The molecule has 0 amide bonds. The van der Waals surface area contributed by atoms with Gasteiger partial charge in [-0.15, -0.1) is 0 Å². The maximum atomic E-state index is 11.1. The summed E-state index contributed by atoms with van der Waals surface area (Å²) in [6, 6.07) is 5.58. The summed E-state index contributed by atoms with van der Waals surface area (Å²) in [5, 5.41) is 22.2. The first kappa shape index (κ1) is 15.6. The number of carboxylic acid groups (broad SMARTS) is 1. The minimum atomic E-state index is -0.694. The first-order valence-corrected chi connectivity index (χ1v) is 7.37. The van der Waals surface area contributed by atoms with Gasteiger partial charge in [0.2, 0.25) is 0 Å². The van der Waals surface area contributed by atoms with Gasteiger partial charge in [-0.2, -0.15) is 0 Å². The lowest BCUT2D eigenvalue weighted by Gasteiger charge is -2.30. The summed E-state index contributed by atoms with van der Waals surface area (Å²) >= 11 is 0. The lowest BCUT2D eigenvalue weighted by molar-refractivity contribution is -0.143. The maximum absolute atomic E-state index is 11.1. The molecule has 3 atom stereocenters. The summed E-state index contributed by atoms with van der Waals surface area (Å²) in [6.45, 7) is 2.04. The second kappa shape index (κ2) is 6.80. The van der Waals surface area contributed by atoms with Crippen LogP contribution in [-0.2, 0) is 4.79 Å². The zero-order valence-corrected chi connectivity index (χ0v) is 12.5. The van der Waals surface area contributed by atoms with Crippen molar-refractivity contribution in [1.82, 2.24) is 5.32 Å².